The van der Waals surface area contributed by atoms with Gasteiger partial charge in [0.1, 0.15) is 11.9 Å². The van der Waals surface area contributed by atoms with Gasteiger partial charge in [-0.15, -0.1) is 6.58 Å². The maximum absolute atomic E-state index is 14.4. The van der Waals surface area contributed by atoms with E-state index in [1.54, 1.807) is 42.8 Å². The van der Waals surface area contributed by atoms with Gasteiger partial charge in [0.2, 0.25) is 0 Å². The van der Waals surface area contributed by atoms with Crippen molar-refractivity contribution in [3.8, 4) is 5.69 Å². The quantitative estimate of drug-likeness (QED) is 0.211. The second-order valence-electron chi connectivity index (χ2n) is 10.8. The molecule has 4 aromatic rings. The molecule has 0 saturated carbocycles. The summed E-state index contributed by atoms with van der Waals surface area (Å²) in [6.07, 6.45) is -3.26. The van der Waals surface area contributed by atoms with Crippen LogP contribution in [0.25, 0.3) is 5.69 Å². The van der Waals surface area contributed by atoms with Gasteiger partial charge in [0, 0.05) is 29.0 Å². The average molecular weight is 664 g/mol. The van der Waals surface area contributed by atoms with Crippen molar-refractivity contribution in [2.45, 2.75) is 32.0 Å². The van der Waals surface area contributed by atoms with Crippen molar-refractivity contribution >= 4 is 33.3 Å². The number of nitrogens with one attached hydrogen (secondary N) is 1. The van der Waals surface area contributed by atoms with Crippen LogP contribution in [-0.4, -0.2) is 49.1 Å². The number of carbonyl (C=O) groups excluding carboxylic acids is 2. The molecule has 0 aliphatic carbocycles. The number of sulfonamides is 1. The zero-order chi connectivity index (χ0) is 34.1. The molecule has 2 heterocycles. The number of alkyl halides is 3. The van der Waals surface area contributed by atoms with Gasteiger partial charge in [-0.05, 0) is 61.9 Å². The summed E-state index contributed by atoms with van der Waals surface area (Å²) in [4.78, 5) is 29.4. The summed E-state index contributed by atoms with van der Waals surface area (Å²) in [5.74, 6) is -1.85. The molecular formula is C34H32F3N5O4S. The summed E-state index contributed by atoms with van der Waals surface area (Å²) >= 11 is 0. The molecule has 5 rings (SSSR count). The van der Waals surface area contributed by atoms with Gasteiger partial charge in [-0.25, -0.2) is 13.1 Å². The van der Waals surface area contributed by atoms with Gasteiger partial charge in [-0.3, -0.25) is 18.8 Å². The van der Waals surface area contributed by atoms with E-state index in [-0.39, 0.29) is 24.3 Å². The van der Waals surface area contributed by atoms with E-state index in [0.717, 1.165) is 27.9 Å². The van der Waals surface area contributed by atoms with Crippen molar-refractivity contribution in [2.24, 2.45) is 0 Å². The number of hydrogen-bond acceptors (Lipinski definition) is 5. The fourth-order valence-electron chi connectivity index (χ4n) is 5.79. The van der Waals surface area contributed by atoms with E-state index in [2.05, 4.69) is 18.5 Å². The van der Waals surface area contributed by atoms with E-state index in [0.29, 0.717) is 28.3 Å². The van der Waals surface area contributed by atoms with Crippen LogP contribution in [0, 0.1) is 6.92 Å². The van der Waals surface area contributed by atoms with Gasteiger partial charge < -0.3 is 5.32 Å². The normalized spacial score (nSPS) is 16.4. The van der Waals surface area contributed by atoms with Crippen molar-refractivity contribution < 1.29 is 31.2 Å². The first kappa shape index (κ1) is 33.2. The number of halogens is 3. The second kappa shape index (κ2) is 12.9. The first-order valence-electron chi connectivity index (χ1n) is 14.6. The van der Waals surface area contributed by atoms with Crippen LogP contribution < -0.4 is 14.5 Å². The van der Waals surface area contributed by atoms with Crippen molar-refractivity contribution in [3.05, 3.63) is 131 Å². The largest absolute Gasteiger partial charge is 0.416 e. The predicted molar refractivity (Wildman–Crippen MR) is 174 cm³/mol. The number of likely N-dealkylation sites (N-methyl/N-ethyl adjacent to an activating group) is 1. The lowest BCUT2D eigenvalue weighted by atomic mass is 9.81. The highest BCUT2D eigenvalue weighted by molar-refractivity contribution is 7.95. The third-order valence-corrected chi connectivity index (χ3v) is 9.29. The smallest absolute Gasteiger partial charge is 0.339 e. The summed E-state index contributed by atoms with van der Waals surface area (Å²) in [7, 11) is -3.96. The lowest BCUT2D eigenvalue weighted by molar-refractivity contribution is -0.137. The molecule has 1 aliphatic rings. The second-order valence-corrected chi connectivity index (χ2v) is 12.6. The molecule has 1 aliphatic heterocycles. The molecule has 0 unspecified atom stereocenters. The van der Waals surface area contributed by atoms with E-state index in [1.807, 2.05) is 30.3 Å². The Morgan fingerprint density at radius 1 is 1.04 bits per heavy atom. The minimum Gasteiger partial charge on any atom is -0.339 e. The highest BCUT2D eigenvalue weighted by Crippen LogP contribution is 2.44. The molecule has 2 atom stereocenters. The molecule has 3 aromatic carbocycles. The monoisotopic (exact) mass is 663 g/mol. The number of para-hydroxylation sites is 1. The molecule has 9 nitrogen and oxygen atoms in total. The number of aryl methyl sites for hydroxylation is 1. The average Bonchev–Trinajstić information content (AvgIpc) is 3.40. The maximum atomic E-state index is 14.4. The van der Waals surface area contributed by atoms with Crippen LogP contribution >= 0.6 is 0 Å². The van der Waals surface area contributed by atoms with Crippen LogP contribution in [0.3, 0.4) is 0 Å². The summed E-state index contributed by atoms with van der Waals surface area (Å²) in [6, 6.07) is 18.3. The molecule has 13 heteroatoms. The number of aromatic nitrogens is 2. The van der Waals surface area contributed by atoms with E-state index >= 15 is 0 Å². The molecule has 0 fully saturated rings. The van der Waals surface area contributed by atoms with Crippen LogP contribution in [0.4, 0.5) is 24.7 Å². The van der Waals surface area contributed by atoms with Gasteiger partial charge >= 0.3 is 6.18 Å². The van der Waals surface area contributed by atoms with Crippen LogP contribution in [0.15, 0.2) is 104 Å². The minimum absolute atomic E-state index is 0.0725. The molecule has 2 amide bonds. The Bertz CT molecular complexity index is 1960. The van der Waals surface area contributed by atoms with Crippen molar-refractivity contribution in [2.75, 3.05) is 22.3 Å². The standard InChI is InChI=1S/C34H32F3N5O4S/c1-5-19-41(47(45,46)7-3)27-18-12-13-23(21-27)29-28-22(4)39-42(26-16-9-8-10-17-26)32(28)40(6-2)33(44)30(29)38-31(43)24-14-11-15-25(20-24)34(35,36)37/h5,7-18,20-21,29-30H,1,3,6,19H2,2,4H3,(H,38,43)/t29-,30+/m1/s1. The summed E-state index contributed by atoms with van der Waals surface area (Å²) in [5, 5.41) is 8.30. The predicted octanol–water partition coefficient (Wildman–Crippen LogP) is 5.96. The zero-order valence-electron chi connectivity index (χ0n) is 25.6. The Hall–Kier alpha value is -5.17. The fraction of sp³-hybridized carbons (Fsp3) is 0.206. The molecule has 244 valence electrons. The molecule has 0 spiro atoms. The topological polar surface area (TPSA) is 105 Å². The highest BCUT2D eigenvalue weighted by atomic mass is 32.2. The van der Waals surface area contributed by atoms with Crippen LogP contribution in [0.2, 0.25) is 0 Å². The number of amides is 2. The number of nitrogens with zero attached hydrogens (tertiary/aromatic N) is 4. The van der Waals surface area contributed by atoms with E-state index in [1.165, 1.54) is 17.0 Å². The Kier molecular flexibility index (Phi) is 9.12. The number of carbonyl (C=O) groups is 2. The van der Waals surface area contributed by atoms with Gasteiger partial charge in [-0.2, -0.15) is 18.3 Å². The number of hydrogen-bond donors (Lipinski definition) is 1. The molecule has 1 N–H and O–H groups in total. The lowest BCUT2D eigenvalue weighted by Crippen LogP contribution is -2.55. The van der Waals surface area contributed by atoms with Gasteiger partial charge in [0.25, 0.3) is 21.8 Å². The Morgan fingerprint density at radius 2 is 1.74 bits per heavy atom. The van der Waals surface area contributed by atoms with Crippen molar-refractivity contribution in [1.29, 1.82) is 0 Å². The first-order valence-corrected chi connectivity index (χ1v) is 16.1. The third-order valence-electron chi connectivity index (χ3n) is 7.90. The number of rotatable bonds is 10. The molecule has 1 aromatic heterocycles. The molecule has 0 saturated heterocycles. The summed E-state index contributed by atoms with van der Waals surface area (Å²) in [6.45, 7) is 10.7. The zero-order valence-corrected chi connectivity index (χ0v) is 26.4. The molecule has 0 bridgehead atoms. The Labute approximate surface area is 270 Å². The minimum atomic E-state index is -4.68. The molecular weight excluding hydrogens is 631 g/mol. The van der Waals surface area contributed by atoms with Crippen LogP contribution in [0.1, 0.15) is 45.6 Å². The number of fused-ring (bicyclic) bond motifs is 1. The van der Waals surface area contributed by atoms with Crippen molar-refractivity contribution in [3.63, 3.8) is 0 Å². The molecule has 0 radical (unpaired) electrons. The third kappa shape index (κ3) is 6.30. The van der Waals surface area contributed by atoms with Crippen LogP contribution in [-0.2, 0) is 21.0 Å². The van der Waals surface area contributed by atoms with E-state index < -0.39 is 45.5 Å². The van der Waals surface area contributed by atoms with Gasteiger partial charge in [0.05, 0.1) is 29.2 Å². The molecule has 47 heavy (non-hydrogen) atoms. The Balaban J connectivity index is 1.71. The first-order chi connectivity index (χ1) is 22.3. The highest BCUT2D eigenvalue weighted by Gasteiger charge is 2.46. The van der Waals surface area contributed by atoms with Crippen LogP contribution in [0.5, 0.6) is 0 Å². The number of anilines is 2. The van der Waals surface area contributed by atoms with E-state index in [4.69, 9.17) is 5.10 Å². The van der Waals surface area contributed by atoms with Gasteiger partial charge in [0.15, 0.2) is 0 Å². The van der Waals surface area contributed by atoms with Gasteiger partial charge in [-0.1, -0.05) is 49.1 Å². The Morgan fingerprint density at radius 3 is 2.38 bits per heavy atom. The number of benzene rings is 3. The van der Waals surface area contributed by atoms with E-state index in [9.17, 15) is 31.2 Å². The SMILES string of the molecule is C=CCN(c1cccc([C@@H]2c3c(C)nn(-c4ccccc4)c3N(CC)C(=O)[C@H]2NC(=O)c2cccc(C(F)(F)F)c2)c1)S(=O)(=O)C=C. The summed E-state index contributed by atoms with van der Waals surface area (Å²) < 4.78 is 69.1. The fourth-order valence-corrected chi connectivity index (χ4v) is 6.69. The maximum Gasteiger partial charge on any atom is 0.416 e. The lowest BCUT2D eigenvalue weighted by Gasteiger charge is -2.38. The summed E-state index contributed by atoms with van der Waals surface area (Å²) in [5.41, 5.74) is 1.23. The van der Waals surface area contributed by atoms with Crippen molar-refractivity contribution in [1.82, 2.24) is 15.1 Å².